The molecule has 0 saturated carbocycles. The molecule has 198 valence electrons. The van der Waals surface area contributed by atoms with Crippen LogP contribution in [0.4, 0.5) is 5.69 Å². The maximum absolute atomic E-state index is 13.9. The number of thioether (sulfide) groups is 2. The van der Waals surface area contributed by atoms with E-state index in [4.69, 9.17) is 21.7 Å². The molecule has 5 rings (SSSR count). The summed E-state index contributed by atoms with van der Waals surface area (Å²) in [5.41, 5.74) is 3.03. The molecule has 3 aromatic carbocycles. The number of fused-ring (bicyclic) bond motifs is 1. The number of nitrogens with zero attached hydrogens (tertiary/aromatic N) is 1. The van der Waals surface area contributed by atoms with E-state index in [1.807, 2.05) is 92.7 Å². The first kappa shape index (κ1) is 27.2. The van der Waals surface area contributed by atoms with Crippen LogP contribution in [0.15, 0.2) is 88.0 Å². The second kappa shape index (κ2) is 11.0. The highest BCUT2D eigenvalue weighted by Gasteiger charge is 2.46. The standard InChI is InChI=1S/C31H27NO4S3/c1-5-36-29(34)26-25(19-12-8-6-9-13-19)38-30(39-26)24-22-18-21(35-4)16-17-23(22)32(31(2,3)27(24)37)28(33)20-14-10-7-11-15-20/h6-18H,5H2,1-4H3/b30-24-. The minimum atomic E-state index is -0.826. The van der Waals surface area contributed by atoms with E-state index in [2.05, 4.69) is 0 Å². The Balaban J connectivity index is 1.70. The predicted molar refractivity (Wildman–Crippen MR) is 165 cm³/mol. The number of hydrogen-bond acceptors (Lipinski definition) is 7. The van der Waals surface area contributed by atoms with E-state index < -0.39 is 5.54 Å². The zero-order chi connectivity index (χ0) is 27.7. The maximum Gasteiger partial charge on any atom is 0.346 e. The second-order valence-corrected chi connectivity index (χ2v) is 12.1. The Kier molecular flexibility index (Phi) is 7.71. The summed E-state index contributed by atoms with van der Waals surface area (Å²) in [4.78, 5) is 30.7. The first-order valence-corrected chi connectivity index (χ1v) is 14.5. The molecule has 0 atom stereocenters. The highest BCUT2D eigenvalue weighted by atomic mass is 32.2. The zero-order valence-corrected chi connectivity index (χ0v) is 24.5. The molecule has 0 spiro atoms. The fourth-order valence-electron chi connectivity index (χ4n) is 4.66. The van der Waals surface area contributed by atoms with Gasteiger partial charge in [0.15, 0.2) is 0 Å². The number of anilines is 1. The van der Waals surface area contributed by atoms with Gasteiger partial charge in [0.25, 0.3) is 5.91 Å². The van der Waals surface area contributed by atoms with Crippen molar-refractivity contribution in [3.63, 3.8) is 0 Å². The van der Waals surface area contributed by atoms with Gasteiger partial charge in [-0.2, -0.15) is 0 Å². The lowest BCUT2D eigenvalue weighted by atomic mass is 9.82. The lowest BCUT2D eigenvalue weighted by Crippen LogP contribution is -2.55. The van der Waals surface area contributed by atoms with Crippen molar-refractivity contribution in [2.24, 2.45) is 0 Å². The number of methoxy groups -OCH3 is 1. The molecule has 2 aliphatic heterocycles. The van der Waals surface area contributed by atoms with Gasteiger partial charge in [-0.3, -0.25) is 9.69 Å². The lowest BCUT2D eigenvalue weighted by molar-refractivity contribution is -0.137. The molecule has 39 heavy (non-hydrogen) atoms. The van der Waals surface area contributed by atoms with Crippen LogP contribution in [0.1, 0.15) is 42.3 Å². The zero-order valence-electron chi connectivity index (χ0n) is 22.0. The van der Waals surface area contributed by atoms with Crippen LogP contribution in [0.25, 0.3) is 10.5 Å². The molecule has 5 nitrogen and oxygen atoms in total. The molecule has 0 aliphatic carbocycles. The number of carbonyl (C=O) groups is 2. The van der Waals surface area contributed by atoms with Crippen molar-refractivity contribution in [1.29, 1.82) is 0 Å². The minimum Gasteiger partial charge on any atom is -0.497 e. The van der Waals surface area contributed by atoms with E-state index in [0.717, 1.165) is 31.5 Å². The summed E-state index contributed by atoms with van der Waals surface area (Å²) in [7, 11) is 1.61. The lowest BCUT2D eigenvalue weighted by Gasteiger charge is -2.45. The van der Waals surface area contributed by atoms with Gasteiger partial charge in [-0.15, -0.1) is 0 Å². The Morgan fingerprint density at radius 3 is 2.26 bits per heavy atom. The first-order chi connectivity index (χ1) is 18.8. The normalized spacial score (nSPS) is 18.2. The molecule has 0 unspecified atom stereocenters. The van der Waals surface area contributed by atoms with Crippen molar-refractivity contribution >= 4 is 68.6 Å². The molecule has 1 amide bonds. The topological polar surface area (TPSA) is 55.8 Å². The average Bonchev–Trinajstić information content (AvgIpc) is 3.39. The molecule has 3 aromatic rings. The van der Waals surface area contributed by atoms with Crippen LogP contribution in [0.2, 0.25) is 0 Å². The molecule has 0 N–H and O–H groups in total. The molecule has 0 saturated heterocycles. The van der Waals surface area contributed by atoms with E-state index in [9.17, 15) is 9.59 Å². The summed E-state index contributed by atoms with van der Waals surface area (Å²) < 4.78 is 11.9. The summed E-state index contributed by atoms with van der Waals surface area (Å²) in [5.74, 6) is 0.147. The van der Waals surface area contributed by atoms with E-state index in [1.54, 1.807) is 18.9 Å². The number of rotatable bonds is 5. The van der Waals surface area contributed by atoms with Crippen LogP contribution in [0.5, 0.6) is 5.75 Å². The van der Waals surface area contributed by atoms with Gasteiger partial charge in [0.2, 0.25) is 0 Å². The summed E-state index contributed by atoms with van der Waals surface area (Å²) in [6, 6.07) is 24.7. The van der Waals surface area contributed by atoms with Crippen LogP contribution >= 0.6 is 35.7 Å². The highest BCUT2D eigenvalue weighted by molar-refractivity contribution is 8.32. The fraction of sp³-hybridized carbons (Fsp3) is 0.194. The van der Waals surface area contributed by atoms with Crippen molar-refractivity contribution in [2.75, 3.05) is 18.6 Å². The Morgan fingerprint density at radius 1 is 0.949 bits per heavy atom. The van der Waals surface area contributed by atoms with Gasteiger partial charge in [-0.1, -0.05) is 84.3 Å². The SMILES string of the molecule is CCOC(=O)C1=C(c2ccccc2)S/C(=C2/C(=S)C(C)(C)N(C(=O)c3ccccc3)c3ccc(OC)cc32)S1. The third kappa shape index (κ3) is 4.93. The van der Waals surface area contributed by atoms with Crippen LogP contribution in [0.3, 0.4) is 0 Å². The number of hydrogen-bond donors (Lipinski definition) is 0. The van der Waals surface area contributed by atoms with Gasteiger partial charge >= 0.3 is 5.97 Å². The molecular weight excluding hydrogens is 547 g/mol. The number of benzene rings is 3. The van der Waals surface area contributed by atoms with Gasteiger partial charge < -0.3 is 9.47 Å². The monoisotopic (exact) mass is 573 g/mol. The number of amides is 1. The Hall–Kier alpha value is -3.33. The van der Waals surface area contributed by atoms with E-state index in [1.165, 1.54) is 23.5 Å². The molecular formula is C31H27NO4S3. The molecule has 0 fully saturated rings. The van der Waals surface area contributed by atoms with Crippen molar-refractivity contribution in [1.82, 2.24) is 0 Å². The quantitative estimate of drug-likeness (QED) is 0.177. The summed E-state index contributed by atoms with van der Waals surface area (Å²) in [6.07, 6.45) is 0. The molecule has 2 heterocycles. The molecule has 0 aromatic heterocycles. The van der Waals surface area contributed by atoms with Crippen molar-refractivity contribution < 1.29 is 19.1 Å². The van der Waals surface area contributed by atoms with Crippen LogP contribution in [-0.4, -0.2) is 36.0 Å². The van der Waals surface area contributed by atoms with Crippen LogP contribution in [-0.2, 0) is 9.53 Å². The molecule has 0 bridgehead atoms. The van der Waals surface area contributed by atoms with Gasteiger partial charge in [-0.25, -0.2) is 4.79 Å². The largest absolute Gasteiger partial charge is 0.497 e. The highest BCUT2D eigenvalue weighted by Crippen LogP contribution is 2.59. The number of esters is 1. The fourth-order valence-corrected chi connectivity index (χ4v) is 7.79. The maximum atomic E-state index is 13.9. The Morgan fingerprint density at radius 2 is 1.62 bits per heavy atom. The van der Waals surface area contributed by atoms with Crippen molar-refractivity contribution in [3.8, 4) is 5.75 Å². The van der Waals surface area contributed by atoms with Crippen molar-refractivity contribution in [2.45, 2.75) is 26.3 Å². The molecule has 2 aliphatic rings. The van der Waals surface area contributed by atoms with Crippen LogP contribution in [0, 0.1) is 0 Å². The summed E-state index contributed by atoms with van der Waals surface area (Å²) in [5, 5.41) is 0. The van der Waals surface area contributed by atoms with E-state index in [0.29, 0.717) is 21.1 Å². The van der Waals surface area contributed by atoms with E-state index >= 15 is 0 Å². The Labute approximate surface area is 242 Å². The number of thiocarbonyl (C=S) groups is 1. The second-order valence-electron chi connectivity index (χ2n) is 9.39. The van der Waals surface area contributed by atoms with E-state index in [-0.39, 0.29) is 18.5 Å². The van der Waals surface area contributed by atoms with Gasteiger partial charge in [-0.05, 0) is 56.7 Å². The first-order valence-electron chi connectivity index (χ1n) is 12.5. The Bertz CT molecular complexity index is 1530. The summed E-state index contributed by atoms with van der Waals surface area (Å²) >= 11 is 9.04. The van der Waals surface area contributed by atoms with Crippen LogP contribution < -0.4 is 9.64 Å². The minimum absolute atomic E-state index is 0.138. The number of ether oxygens (including phenoxy) is 2. The molecule has 0 radical (unpaired) electrons. The van der Waals surface area contributed by atoms with Gasteiger partial charge in [0, 0.05) is 21.6 Å². The smallest absolute Gasteiger partial charge is 0.346 e. The van der Waals surface area contributed by atoms with Gasteiger partial charge in [0.1, 0.15) is 10.7 Å². The third-order valence-electron chi connectivity index (χ3n) is 6.58. The molecule has 8 heteroatoms. The van der Waals surface area contributed by atoms with Gasteiger partial charge in [0.05, 0.1) is 34.0 Å². The predicted octanol–water partition coefficient (Wildman–Crippen LogP) is 7.58. The number of carbonyl (C=O) groups excluding carboxylic acids is 2. The average molecular weight is 574 g/mol. The third-order valence-corrected chi connectivity index (χ3v) is 9.91. The van der Waals surface area contributed by atoms with Crippen molar-refractivity contribution in [3.05, 3.63) is 105 Å². The summed E-state index contributed by atoms with van der Waals surface area (Å²) in [6.45, 7) is 6.01.